The SMILES string of the molecule is CN(CC(=O)Nc1ccc(S(=O)(=O)Nc2scnc2C(=O)O)cc1F)C(=N)N. The van der Waals surface area contributed by atoms with Gasteiger partial charge in [0.15, 0.2) is 11.7 Å². The molecule has 1 amide bonds. The summed E-state index contributed by atoms with van der Waals surface area (Å²) in [7, 11) is -2.89. The number of carboxylic acid groups (broad SMARTS) is 1. The molecular weight excluding hydrogens is 415 g/mol. The van der Waals surface area contributed by atoms with Crippen LogP contribution in [-0.2, 0) is 14.8 Å². The number of carboxylic acids is 1. The van der Waals surface area contributed by atoms with Crippen molar-refractivity contribution in [2.75, 3.05) is 23.6 Å². The van der Waals surface area contributed by atoms with E-state index in [4.69, 9.17) is 16.2 Å². The zero-order chi connectivity index (χ0) is 21.1. The van der Waals surface area contributed by atoms with Crippen molar-refractivity contribution in [2.45, 2.75) is 4.90 Å². The molecule has 1 aromatic carbocycles. The first-order valence-corrected chi connectivity index (χ1v) is 9.71. The molecular formula is C14H15FN6O5S2. The van der Waals surface area contributed by atoms with Gasteiger partial charge in [-0.1, -0.05) is 0 Å². The highest BCUT2D eigenvalue weighted by Crippen LogP contribution is 2.25. The minimum atomic E-state index is -4.29. The predicted octanol–water partition coefficient (Wildman–Crippen LogP) is 0.545. The maximum absolute atomic E-state index is 14.2. The van der Waals surface area contributed by atoms with Crippen molar-refractivity contribution in [3.05, 3.63) is 35.2 Å². The molecule has 0 bridgehead atoms. The number of hydrogen-bond donors (Lipinski definition) is 5. The molecule has 0 unspecified atom stereocenters. The fourth-order valence-electron chi connectivity index (χ4n) is 1.91. The summed E-state index contributed by atoms with van der Waals surface area (Å²) in [6.45, 7) is -0.306. The fourth-order valence-corrected chi connectivity index (χ4v) is 3.91. The number of rotatable bonds is 7. The third-order valence-electron chi connectivity index (χ3n) is 3.31. The van der Waals surface area contributed by atoms with Crippen molar-refractivity contribution in [2.24, 2.45) is 5.73 Å². The lowest BCUT2D eigenvalue weighted by molar-refractivity contribution is -0.116. The van der Waals surface area contributed by atoms with Gasteiger partial charge in [0, 0.05) is 7.05 Å². The Balaban J connectivity index is 2.18. The Morgan fingerprint density at radius 2 is 2.11 bits per heavy atom. The Kier molecular flexibility index (Phi) is 6.15. The number of sulfonamides is 1. The number of hydrogen-bond acceptors (Lipinski definition) is 7. The van der Waals surface area contributed by atoms with Gasteiger partial charge in [-0.2, -0.15) is 0 Å². The lowest BCUT2D eigenvalue weighted by atomic mass is 10.3. The summed E-state index contributed by atoms with van der Waals surface area (Å²) in [5, 5.41) is 18.1. The number of benzene rings is 1. The average molecular weight is 430 g/mol. The zero-order valence-corrected chi connectivity index (χ0v) is 15.9. The third-order valence-corrected chi connectivity index (χ3v) is 5.53. The van der Waals surface area contributed by atoms with Gasteiger partial charge in [-0.05, 0) is 18.2 Å². The molecule has 2 aromatic rings. The van der Waals surface area contributed by atoms with Gasteiger partial charge in [0.05, 0.1) is 22.6 Å². The number of nitrogens with one attached hydrogen (secondary N) is 3. The van der Waals surface area contributed by atoms with Crippen molar-refractivity contribution in [3.8, 4) is 0 Å². The first-order valence-electron chi connectivity index (χ1n) is 7.35. The second-order valence-electron chi connectivity index (χ2n) is 5.37. The second kappa shape index (κ2) is 8.18. The second-order valence-corrected chi connectivity index (χ2v) is 7.91. The number of aromatic carboxylic acids is 1. The molecule has 0 aliphatic heterocycles. The maximum Gasteiger partial charge on any atom is 0.357 e. The number of aromatic nitrogens is 1. The number of guanidine groups is 1. The number of amides is 1. The summed E-state index contributed by atoms with van der Waals surface area (Å²) in [6.07, 6.45) is 0. The number of nitrogens with two attached hydrogens (primary N) is 1. The lowest BCUT2D eigenvalue weighted by Crippen LogP contribution is -2.38. The largest absolute Gasteiger partial charge is 0.476 e. The van der Waals surface area contributed by atoms with Crippen molar-refractivity contribution in [1.82, 2.24) is 9.88 Å². The summed E-state index contributed by atoms with van der Waals surface area (Å²) in [4.78, 5) is 27.0. The molecule has 0 aliphatic rings. The summed E-state index contributed by atoms with van der Waals surface area (Å²) in [5.74, 6) is -3.46. The van der Waals surface area contributed by atoms with Gasteiger partial charge in [0.2, 0.25) is 5.91 Å². The molecule has 14 heteroatoms. The van der Waals surface area contributed by atoms with Gasteiger partial charge in [0.25, 0.3) is 10.0 Å². The molecule has 1 heterocycles. The highest BCUT2D eigenvalue weighted by molar-refractivity contribution is 7.93. The first kappa shape index (κ1) is 21.0. The third kappa shape index (κ3) is 4.92. The summed E-state index contributed by atoms with van der Waals surface area (Å²) >= 11 is 0.758. The first-order chi connectivity index (χ1) is 13.0. The van der Waals surface area contributed by atoms with Crippen LogP contribution in [0.2, 0.25) is 0 Å². The molecule has 0 aliphatic carbocycles. The van der Waals surface area contributed by atoms with E-state index in [0.717, 1.165) is 33.9 Å². The van der Waals surface area contributed by atoms with Gasteiger partial charge < -0.3 is 21.1 Å². The van der Waals surface area contributed by atoms with E-state index in [1.807, 2.05) is 4.72 Å². The predicted molar refractivity (Wildman–Crippen MR) is 99.5 cm³/mol. The van der Waals surface area contributed by atoms with Crippen molar-refractivity contribution >= 4 is 49.9 Å². The van der Waals surface area contributed by atoms with Gasteiger partial charge in [0.1, 0.15) is 10.8 Å². The van der Waals surface area contributed by atoms with Gasteiger partial charge in [-0.25, -0.2) is 22.6 Å². The van der Waals surface area contributed by atoms with E-state index in [0.29, 0.717) is 6.07 Å². The number of nitrogens with zero attached hydrogens (tertiary/aromatic N) is 2. The minimum Gasteiger partial charge on any atom is -0.476 e. The zero-order valence-electron chi connectivity index (χ0n) is 14.3. The van der Waals surface area contributed by atoms with Crippen molar-refractivity contribution in [3.63, 3.8) is 0 Å². The van der Waals surface area contributed by atoms with Gasteiger partial charge >= 0.3 is 5.97 Å². The number of halogens is 1. The number of carbonyl (C=O) groups is 2. The Bertz CT molecular complexity index is 1040. The summed E-state index contributed by atoms with van der Waals surface area (Å²) < 4.78 is 41.0. The lowest BCUT2D eigenvalue weighted by Gasteiger charge is -2.16. The van der Waals surface area contributed by atoms with Crippen LogP contribution < -0.4 is 15.8 Å². The molecule has 1 aromatic heterocycles. The van der Waals surface area contributed by atoms with E-state index in [1.54, 1.807) is 0 Å². The van der Waals surface area contributed by atoms with E-state index in [9.17, 15) is 22.4 Å². The quantitative estimate of drug-likeness (QED) is 0.312. The van der Waals surface area contributed by atoms with Crippen LogP contribution in [0.25, 0.3) is 0 Å². The van der Waals surface area contributed by atoms with Crippen LogP contribution in [-0.4, -0.2) is 54.8 Å². The number of thiazole rings is 1. The number of carbonyl (C=O) groups excluding carboxylic acids is 1. The summed E-state index contributed by atoms with van der Waals surface area (Å²) in [6, 6.07) is 2.76. The molecule has 0 saturated carbocycles. The normalized spacial score (nSPS) is 10.9. The standard InChI is InChI=1S/C14H15FN6O5S2/c1-21(14(16)17)5-10(22)19-9-3-2-7(4-8(9)15)28(25,26)20-12-11(13(23)24)18-6-27-12/h2-4,6,20H,5H2,1H3,(H3,16,17)(H,19,22)(H,23,24). The number of likely N-dealkylation sites (N-methyl/N-ethyl adjacent to an activating group) is 1. The van der Waals surface area contributed by atoms with Crippen LogP contribution in [0.1, 0.15) is 10.5 Å². The molecule has 0 saturated heterocycles. The highest BCUT2D eigenvalue weighted by atomic mass is 32.2. The van der Waals surface area contributed by atoms with E-state index in [1.165, 1.54) is 7.05 Å². The Morgan fingerprint density at radius 3 is 2.68 bits per heavy atom. The molecule has 150 valence electrons. The molecule has 11 nitrogen and oxygen atoms in total. The maximum atomic E-state index is 14.2. The van der Waals surface area contributed by atoms with Gasteiger partial charge in [-0.3, -0.25) is 14.9 Å². The van der Waals surface area contributed by atoms with Crippen molar-refractivity contribution in [1.29, 1.82) is 5.41 Å². The molecule has 0 spiro atoms. The minimum absolute atomic E-state index is 0.224. The van der Waals surface area contributed by atoms with E-state index in [-0.39, 0.29) is 23.2 Å². The van der Waals surface area contributed by atoms with E-state index in [2.05, 4.69) is 10.3 Å². The van der Waals surface area contributed by atoms with E-state index >= 15 is 0 Å². The molecule has 0 fully saturated rings. The molecule has 0 atom stereocenters. The van der Waals surface area contributed by atoms with Crippen LogP contribution in [0.5, 0.6) is 0 Å². The van der Waals surface area contributed by atoms with Crippen LogP contribution in [0, 0.1) is 11.2 Å². The Labute approximate surface area is 162 Å². The van der Waals surface area contributed by atoms with Gasteiger partial charge in [-0.15, -0.1) is 11.3 Å². The van der Waals surface area contributed by atoms with Crippen LogP contribution in [0.3, 0.4) is 0 Å². The van der Waals surface area contributed by atoms with Crippen LogP contribution in [0.15, 0.2) is 28.6 Å². The van der Waals surface area contributed by atoms with Crippen molar-refractivity contribution < 1.29 is 27.5 Å². The number of anilines is 2. The van der Waals surface area contributed by atoms with Crippen LogP contribution >= 0.6 is 11.3 Å². The Hall–Kier alpha value is -3.26. The molecule has 28 heavy (non-hydrogen) atoms. The smallest absolute Gasteiger partial charge is 0.357 e. The summed E-state index contributed by atoms with van der Waals surface area (Å²) in [5.41, 5.74) is 5.60. The molecule has 6 N–H and O–H groups in total. The van der Waals surface area contributed by atoms with Crippen LogP contribution in [0.4, 0.5) is 15.1 Å². The molecule has 0 radical (unpaired) electrons. The average Bonchev–Trinajstić information content (AvgIpc) is 3.04. The molecule has 2 rings (SSSR count). The monoisotopic (exact) mass is 430 g/mol. The fraction of sp³-hybridized carbons (Fsp3) is 0.143. The Morgan fingerprint density at radius 1 is 1.43 bits per heavy atom. The van der Waals surface area contributed by atoms with E-state index < -0.39 is 38.3 Å². The highest BCUT2D eigenvalue weighted by Gasteiger charge is 2.22. The topological polar surface area (TPSA) is 179 Å².